The Morgan fingerprint density at radius 1 is 1.17 bits per heavy atom. The monoisotopic (exact) mass is 412 g/mol. The van der Waals surface area contributed by atoms with E-state index in [0.717, 1.165) is 32.5 Å². The minimum absolute atomic E-state index is 0.0469. The number of hydrogen-bond donors (Lipinski definition) is 1. The van der Waals surface area contributed by atoms with E-state index in [2.05, 4.69) is 48.3 Å². The summed E-state index contributed by atoms with van der Waals surface area (Å²) >= 11 is 0. The zero-order chi connectivity index (χ0) is 21.3. The van der Waals surface area contributed by atoms with Crippen LogP contribution < -0.4 is 10.1 Å². The summed E-state index contributed by atoms with van der Waals surface area (Å²) in [6.45, 7) is 7.95. The molecule has 0 aliphatic carbocycles. The van der Waals surface area contributed by atoms with Crippen LogP contribution in [-0.2, 0) is 11.2 Å². The molecule has 2 aromatic carbocycles. The summed E-state index contributed by atoms with van der Waals surface area (Å²) in [6.07, 6.45) is 1.75. The number of nitrogens with one attached hydrogen (secondary N) is 1. The van der Waals surface area contributed by atoms with Gasteiger partial charge in [0.05, 0.1) is 12.5 Å². The lowest BCUT2D eigenvalue weighted by Gasteiger charge is -2.37. The molecule has 2 atom stereocenters. The summed E-state index contributed by atoms with van der Waals surface area (Å²) < 4.78 is 19.3. The van der Waals surface area contributed by atoms with Crippen molar-refractivity contribution in [2.45, 2.75) is 26.7 Å². The molecule has 0 saturated carbocycles. The van der Waals surface area contributed by atoms with Crippen molar-refractivity contribution < 1.29 is 13.9 Å². The quantitative estimate of drug-likeness (QED) is 0.673. The highest BCUT2D eigenvalue weighted by atomic mass is 19.1. The molecule has 1 aliphatic rings. The van der Waals surface area contributed by atoms with Crippen LogP contribution in [0.5, 0.6) is 5.75 Å². The van der Waals surface area contributed by atoms with Gasteiger partial charge in [-0.25, -0.2) is 4.39 Å². The minimum atomic E-state index is -0.299. The van der Waals surface area contributed by atoms with Crippen LogP contribution in [0.4, 0.5) is 4.39 Å². The summed E-state index contributed by atoms with van der Waals surface area (Å²) in [5.74, 6) is 0.980. The fourth-order valence-electron chi connectivity index (χ4n) is 3.95. The third-order valence-corrected chi connectivity index (χ3v) is 5.51. The lowest BCUT2D eigenvalue weighted by atomic mass is 9.88. The lowest BCUT2D eigenvalue weighted by molar-refractivity contribution is -0.127. The number of nitrogens with zero attached hydrogens (tertiary/aromatic N) is 1. The molecule has 2 aromatic rings. The van der Waals surface area contributed by atoms with Gasteiger partial charge < -0.3 is 15.0 Å². The highest BCUT2D eigenvalue weighted by Crippen LogP contribution is 2.24. The number of carbonyl (C=O) groups is 1. The molecule has 1 amide bonds. The molecule has 1 aliphatic heterocycles. The molecule has 162 valence electrons. The predicted molar refractivity (Wildman–Crippen MR) is 118 cm³/mol. The second kappa shape index (κ2) is 11.1. The fraction of sp³-hybridized carbons (Fsp3) is 0.480. The third kappa shape index (κ3) is 7.13. The fourth-order valence-corrected chi connectivity index (χ4v) is 3.95. The van der Waals surface area contributed by atoms with Crippen molar-refractivity contribution >= 4 is 5.91 Å². The third-order valence-electron chi connectivity index (χ3n) is 5.51. The van der Waals surface area contributed by atoms with E-state index in [-0.39, 0.29) is 23.6 Å². The summed E-state index contributed by atoms with van der Waals surface area (Å²) in [7, 11) is 0. The molecule has 0 bridgehead atoms. The highest BCUT2D eigenvalue weighted by molar-refractivity contribution is 5.79. The first-order valence-electron chi connectivity index (χ1n) is 10.9. The van der Waals surface area contributed by atoms with Crippen LogP contribution in [0.25, 0.3) is 0 Å². The summed E-state index contributed by atoms with van der Waals surface area (Å²) in [5, 5.41) is 3.09. The van der Waals surface area contributed by atoms with Crippen LogP contribution in [0.3, 0.4) is 0 Å². The average Bonchev–Trinajstić information content (AvgIpc) is 2.75. The number of rotatable bonds is 9. The second-order valence-corrected chi connectivity index (χ2v) is 8.70. The molecule has 1 fully saturated rings. The van der Waals surface area contributed by atoms with Gasteiger partial charge in [-0.2, -0.15) is 0 Å². The van der Waals surface area contributed by atoms with Crippen LogP contribution >= 0.6 is 0 Å². The number of likely N-dealkylation sites (tertiary alicyclic amines) is 1. The van der Waals surface area contributed by atoms with Gasteiger partial charge in [-0.3, -0.25) is 4.79 Å². The minimum Gasteiger partial charge on any atom is -0.493 e. The van der Waals surface area contributed by atoms with E-state index in [4.69, 9.17) is 4.74 Å². The Hall–Kier alpha value is -2.40. The number of ether oxygens (including phenoxy) is 1. The molecule has 5 heteroatoms. The van der Waals surface area contributed by atoms with Crippen molar-refractivity contribution in [1.82, 2.24) is 10.2 Å². The van der Waals surface area contributed by atoms with Gasteiger partial charge in [-0.15, -0.1) is 0 Å². The molecule has 4 nitrogen and oxygen atoms in total. The molecule has 3 rings (SSSR count). The maximum atomic E-state index is 13.4. The molecule has 1 saturated heterocycles. The Labute approximate surface area is 179 Å². The first kappa shape index (κ1) is 22.3. The van der Waals surface area contributed by atoms with Gasteiger partial charge in [0.25, 0.3) is 0 Å². The Morgan fingerprint density at radius 3 is 2.70 bits per heavy atom. The molecule has 0 unspecified atom stereocenters. The largest absolute Gasteiger partial charge is 0.493 e. The second-order valence-electron chi connectivity index (χ2n) is 8.70. The van der Waals surface area contributed by atoms with Crippen LogP contribution in [0.15, 0.2) is 54.6 Å². The standard InChI is InChI=1S/C25H33FN2O2/c1-19(2)15-27-25(29)22-13-21(18-30-24-10-6-9-23(26)14-24)16-28(17-22)12-11-20-7-4-3-5-8-20/h3-10,14,19,21-22H,11-13,15-18H2,1-2H3,(H,27,29)/t21-,22+/m0/s1. The van der Waals surface area contributed by atoms with Gasteiger partial charge >= 0.3 is 0 Å². The molecular formula is C25H33FN2O2. The van der Waals surface area contributed by atoms with Crippen molar-refractivity contribution in [2.24, 2.45) is 17.8 Å². The van der Waals surface area contributed by atoms with E-state index < -0.39 is 0 Å². The maximum Gasteiger partial charge on any atom is 0.224 e. The maximum absolute atomic E-state index is 13.4. The summed E-state index contributed by atoms with van der Waals surface area (Å²) in [5.41, 5.74) is 1.30. The molecule has 0 aromatic heterocycles. The van der Waals surface area contributed by atoms with Crippen molar-refractivity contribution in [3.63, 3.8) is 0 Å². The van der Waals surface area contributed by atoms with Crippen molar-refractivity contribution in [3.05, 3.63) is 66.0 Å². The number of piperidine rings is 1. The predicted octanol–water partition coefficient (Wildman–Crippen LogP) is 4.16. The normalized spacial score (nSPS) is 19.6. The SMILES string of the molecule is CC(C)CNC(=O)[C@@H]1C[C@H](COc2cccc(F)c2)CN(CCc2ccccc2)C1. The van der Waals surface area contributed by atoms with Crippen molar-refractivity contribution in [2.75, 3.05) is 32.8 Å². The van der Waals surface area contributed by atoms with Crippen molar-refractivity contribution in [3.8, 4) is 5.75 Å². The number of benzene rings is 2. The number of hydrogen-bond acceptors (Lipinski definition) is 3. The molecule has 30 heavy (non-hydrogen) atoms. The number of amides is 1. The van der Waals surface area contributed by atoms with Gasteiger partial charge in [-0.1, -0.05) is 50.2 Å². The van der Waals surface area contributed by atoms with Gasteiger partial charge in [0.2, 0.25) is 5.91 Å². The Kier molecular flexibility index (Phi) is 8.26. The lowest BCUT2D eigenvalue weighted by Crippen LogP contribution is -2.48. The zero-order valence-corrected chi connectivity index (χ0v) is 18.0. The van der Waals surface area contributed by atoms with Crippen LogP contribution in [0.1, 0.15) is 25.8 Å². The van der Waals surface area contributed by atoms with Gasteiger partial charge in [0, 0.05) is 38.2 Å². The molecular weight excluding hydrogens is 379 g/mol. The summed E-state index contributed by atoms with van der Waals surface area (Å²) in [4.78, 5) is 15.1. The van der Waals surface area contributed by atoms with Gasteiger partial charge in [-0.05, 0) is 36.5 Å². The van der Waals surface area contributed by atoms with E-state index in [1.54, 1.807) is 12.1 Å². The Bertz CT molecular complexity index is 797. The van der Waals surface area contributed by atoms with E-state index >= 15 is 0 Å². The zero-order valence-electron chi connectivity index (χ0n) is 18.0. The van der Waals surface area contributed by atoms with E-state index in [1.165, 1.54) is 17.7 Å². The van der Waals surface area contributed by atoms with Crippen LogP contribution in [0.2, 0.25) is 0 Å². The molecule has 0 radical (unpaired) electrons. The Balaban J connectivity index is 1.60. The van der Waals surface area contributed by atoms with Crippen LogP contribution in [0, 0.1) is 23.6 Å². The molecule has 1 N–H and O–H groups in total. The first-order chi connectivity index (χ1) is 14.5. The molecule has 1 heterocycles. The number of carbonyl (C=O) groups excluding carboxylic acids is 1. The Morgan fingerprint density at radius 2 is 1.97 bits per heavy atom. The smallest absolute Gasteiger partial charge is 0.224 e. The van der Waals surface area contributed by atoms with E-state index in [9.17, 15) is 9.18 Å². The molecule has 0 spiro atoms. The van der Waals surface area contributed by atoms with E-state index in [0.29, 0.717) is 24.8 Å². The number of halogens is 1. The van der Waals surface area contributed by atoms with Crippen molar-refractivity contribution in [1.29, 1.82) is 0 Å². The average molecular weight is 413 g/mol. The van der Waals surface area contributed by atoms with Gasteiger partial charge in [0.1, 0.15) is 11.6 Å². The highest BCUT2D eigenvalue weighted by Gasteiger charge is 2.31. The topological polar surface area (TPSA) is 41.6 Å². The van der Waals surface area contributed by atoms with E-state index in [1.807, 2.05) is 6.07 Å². The van der Waals surface area contributed by atoms with Gasteiger partial charge in [0.15, 0.2) is 0 Å². The summed E-state index contributed by atoms with van der Waals surface area (Å²) in [6, 6.07) is 16.7. The first-order valence-corrected chi connectivity index (χ1v) is 10.9. The van der Waals surface area contributed by atoms with Crippen LogP contribution in [-0.4, -0.2) is 43.6 Å².